The first-order valence-corrected chi connectivity index (χ1v) is 9.99. The molecule has 2 aliphatic rings. The summed E-state index contributed by atoms with van der Waals surface area (Å²) in [5.41, 5.74) is 2.19. The Morgan fingerprint density at radius 3 is 2.31 bits per heavy atom. The van der Waals surface area contributed by atoms with Crippen molar-refractivity contribution in [3.05, 3.63) is 89.2 Å². The van der Waals surface area contributed by atoms with Crippen molar-refractivity contribution in [3.63, 3.8) is 0 Å². The second kappa shape index (κ2) is 7.09. The molecule has 144 valence electrons. The van der Waals surface area contributed by atoms with Crippen LogP contribution in [0.2, 0.25) is 0 Å². The van der Waals surface area contributed by atoms with Gasteiger partial charge in [0.05, 0.1) is 17.4 Å². The van der Waals surface area contributed by atoms with E-state index in [0.29, 0.717) is 5.69 Å². The summed E-state index contributed by atoms with van der Waals surface area (Å²) in [6.07, 6.45) is 2.48. The van der Waals surface area contributed by atoms with E-state index in [1.165, 1.54) is 4.90 Å². The summed E-state index contributed by atoms with van der Waals surface area (Å²) in [7, 11) is 0. The van der Waals surface area contributed by atoms with E-state index in [-0.39, 0.29) is 11.8 Å². The van der Waals surface area contributed by atoms with Gasteiger partial charge in [0, 0.05) is 16.9 Å². The summed E-state index contributed by atoms with van der Waals surface area (Å²) in [6, 6.07) is 19.9. The van der Waals surface area contributed by atoms with Crippen molar-refractivity contribution in [2.24, 2.45) is 5.92 Å². The van der Waals surface area contributed by atoms with Gasteiger partial charge in [0.25, 0.3) is 5.91 Å². The normalized spacial score (nSPS) is 23.6. The Kier molecular flexibility index (Phi) is 4.41. The molecule has 5 rings (SSSR count). The highest BCUT2D eigenvalue weighted by Crippen LogP contribution is 2.47. The van der Waals surface area contributed by atoms with E-state index >= 15 is 0 Å². The number of rotatable bonds is 3. The van der Waals surface area contributed by atoms with Crippen LogP contribution in [0, 0.1) is 5.92 Å². The minimum Gasteiger partial charge on any atom is -0.273 e. The maximum Gasteiger partial charge on any atom is 0.266 e. The van der Waals surface area contributed by atoms with Crippen LogP contribution in [-0.4, -0.2) is 22.9 Å². The molecule has 29 heavy (non-hydrogen) atoms. The van der Waals surface area contributed by atoms with Crippen LogP contribution >= 0.6 is 15.9 Å². The summed E-state index contributed by atoms with van der Waals surface area (Å²) in [4.78, 5) is 38.0. The summed E-state index contributed by atoms with van der Waals surface area (Å²) < 4.78 is 0.796. The molecule has 3 heterocycles. The Bertz CT molecular complexity index is 1080. The van der Waals surface area contributed by atoms with Gasteiger partial charge in [-0.25, -0.2) is 9.96 Å². The van der Waals surface area contributed by atoms with Crippen molar-refractivity contribution in [2.45, 2.75) is 12.1 Å². The third kappa shape index (κ3) is 2.94. The molecule has 0 N–H and O–H groups in total. The van der Waals surface area contributed by atoms with Crippen LogP contribution in [-0.2, 0) is 14.4 Å². The lowest BCUT2D eigenvalue weighted by Gasteiger charge is -2.28. The van der Waals surface area contributed by atoms with Crippen molar-refractivity contribution in [1.82, 2.24) is 4.98 Å². The van der Waals surface area contributed by atoms with E-state index in [0.717, 1.165) is 15.7 Å². The molecule has 3 atom stereocenters. The number of benzene rings is 2. The molecule has 0 radical (unpaired) electrons. The molecule has 6 nitrogen and oxygen atoms in total. The van der Waals surface area contributed by atoms with Gasteiger partial charge in [-0.15, -0.1) is 0 Å². The van der Waals surface area contributed by atoms with Crippen molar-refractivity contribution in [3.8, 4) is 0 Å². The number of carbonyl (C=O) groups excluding carboxylic acids is 2. The zero-order valence-corrected chi connectivity index (χ0v) is 16.8. The van der Waals surface area contributed by atoms with E-state index < -0.39 is 18.1 Å². The van der Waals surface area contributed by atoms with E-state index in [1.54, 1.807) is 35.7 Å². The fraction of sp³-hybridized carbons (Fsp3) is 0.136. The first kappa shape index (κ1) is 18.0. The molecular formula is C22H16BrN3O3. The average Bonchev–Trinajstić information content (AvgIpc) is 3.26. The smallest absolute Gasteiger partial charge is 0.266 e. The van der Waals surface area contributed by atoms with Crippen LogP contribution < -0.4 is 9.96 Å². The predicted molar refractivity (Wildman–Crippen MR) is 111 cm³/mol. The van der Waals surface area contributed by atoms with Gasteiger partial charge in [-0.05, 0) is 48.0 Å². The van der Waals surface area contributed by atoms with E-state index in [1.807, 2.05) is 48.5 Å². The Morgan fingerprint density at radius 1 is 0.862 bits per heavy atom. The second-order valence-corrected chi connectivity index (χ2v) is 7.85. The summed E-state index contributed by atoms with van der Waals surface area (Å²) in [5, 5.41) is 1.68. The SMILES string of the molecule is O=C1[C@H]2[C@@H](ON(c3ccccc3)[C@H]2c2ccncc2)C(=O)N1c1cccc(Br)c1. The fourth-order valence-electron chi connectivity index (χ4n) is 3.98. The summed E-state index contributed by atoms with van der Waals surface area (Å²) in [6.45, 7) is 0. The molecule has 0 unspecified atom stereocenters. The van der Waals surface area contributed by atoms with E-state index in [4.69, 9.17) is 4.84 Å². The molecule has 2 saturated heterocycles. The number of pyridine rings is 1. The lowest BCUT2D eigenvalue weighted by Crippen LogP contribution is -2.37. The Hall–Kier alpha value is -3.03. The Morgan fingerprint density at radius 2 is 1.59 bits per heavy atom. The van der Waals surface area contributed by atoms with Crippen LogP contribution in [0.5, 0.6) is 0 Å². The number of aromatic nitrogens is 1. The topological polar surface area (TPSA) is 62.7 Å². The molecule has 2 fully saturated rings. The Balaban J connectivity index is 1.59. The number of imide groups is 1. The molecular weight excluding hydrogens is 434 g/mol. The quantitative estimate of drug-likeness (QED) is 0.567. The standard InChI is InChI=1S/C22H16BrN3O3/c23-15-5-4-8-17(13-15)25-21(27)18-19(14-9-11-24-12-10-14)26(29-20(18)22(25)28)16-6-2-1-3-7-16/h1-13,18-20H/t18-,19+,20-/m1/s1. The van der Waals surface area contributed by atoms with Gasteiger partial charge < -0.3 is 0 Å². The van der Waals surface area contributed by atoms with Crippen molar-refractivity contribution in [2.75, 3.05) is 9.96 Å². The predicted octanol–water partition coefficient (Wildman–Crippen LogP) is 3.90. The first-order chi connectivity index (χ1) is 14.1. The number of amides is 2. The third-order valence-electron chi connectivity index (χ3n) is 5.24. The van der Waals surface area contributed by atoms with E-state index in [9.17, 15) is 9.59 Å². The summed E-state index contributed by atoms with van der Waals surface area (Å²) in [5.74, 6) is -1.27. The number of nitrogens with zero attached hydrogens (tertiary/aromatic N) is 3. The van der Waals surface area contributed by atoms with Crippen LogP contribution in [0.1, 0.15) is 11.6 Å². The maximum atomic E-state index is 13.4. The van der Waals surface area contributed by atoms with E-state index in [2.05, 4.69) is 20.9 Å². The zero-order chi connectivity index (χ0) is 20.0. The lowest BCUT2D eigenvalue weighted by atomic mass is 9.91. The molecule has 2 amide bonds. The second-order valence-electron chi connectivity index (χ2n) is 6.93. The number of carbonyl (C=O) groups is 2. The highest BCUT2D eigenvalue weighted by atomic mass is 79.9. The van der Waals surface area contributed by atoms with Gasteiger partial charge in [-0.2, -0.15) is 0 Å². The molecule has 2 aliphatic heterocycles. The largest absolute Gasteiger partial charge is 0.273 e. The van der Waals surface area contributed by atoms with Gasteiger partial charge in [-0.3, -0.25) is 19.4 Å². The molecule has 0 bridgehead atoms. The van der Waals surface area contributed by atoms with Crippen LogP contribution in [0.15, 0.2) is 83.6 Å². The van der Waals surface area contributed by atoms with Crippen molar-refractivity contribution < 1.29 is 14.4 Å². The van der Waals surface area contributed by atoms with Crippen molar-refractivity contribution >= 4 is 39.1 Å². The van der Waals surface area contributed by atoms with Crippen LogP contribution in [0.3, 0.4) is 0 Å². The monoisotopic (exact) mass is 449 g/mol. The van der Waals surface area contributed by atoms with Gasteiger partial charge >= 0.3 is 0 Å². The number of halogens is 1. The molecule has 0 saturated carbocycles. The van der Waals surface area contributed by atoms with Crippen molar-refractivity contribution in [1.29, 1.82) is 0 Å². The Labute approximate surface area is 175 Å². The highest BCUT2D eigenvalue weighted by molar-refractivity contribution is 9.10. The van der Waals surface area contributed by atoms with Crippen LogP contribution in [0.4, 0.5) is 11.4 Å². The molecule has 0 spiro atoms. The molecule has 2 aromatic carbocycles. The third-order valence-corrected chi connectivity index (χ3v) is 5.73. The molecule has 0 aliphatic carbocycles. The maximum absolute atomic E-state index is 13.4. The molecule has 1 aromatic heterocycles. The number of anilines is 2. The van der Waals surface area contributed by atoms with Gasteiger partial charge in [-0.1, -0.05) is 40.2 Å². The molecule has 7 heteroatoms. The highest BCUT2D eigenvalue weighted by Gasteiger charge is 2.60. The number of hydroxylamine groups is 1. The number of hydrogen-bond acceptors (Lipinski definition) is 5. The minimum atomic E-state index is -0.875. The number of hydrogen-bond donors (Lipinski definition) is 0. The van der Waals surface area contributed by atoms with Gasteiger partial charge in [0.15, 0.2) is 6.10 Å². The number of fused-ring (bicyclic) bond motifs is 1. The fourth-order valence-corrected chi connectivity index (χ4v) is 4.37. The number of para-hydroxylation sites is 1. The van der Waals surface area contributed by atoms with Crippen LogP contribution in [0.25, 0.3) is 0 Å². The first-order valence-electron chi connectivity index (χ1n) is 9.19. The van der Waals surface area contributed by atoms with Gasteiger partial charge in [0.2, 0.25) is 5.91 Å². The lowest BCUT2D eigenvalue weighted by molar-refractivity contribution is -0.126. The average molecular weight is 450 g/mol. The molecule has 3 aromatic rings. The minimum absolute atomic E-state index is 0.265. The zero-order valence-electron chi connectivity index (χ0n) is 15.2. The summed E-state index contributed by atoms with van der Waals surface area (Å²) >= 11 is 3.40. The van der Waals surface area contributed by atoms with Gasteiger partial charge in [0.1, 0.15) is 5.92 Å².